The van der Waals surface area contributed by atoms with Gasteiger partial charge < -0.3 is 5.73 Å². The molecule has 0 amide bonds. The highest BCUT2D eigenvalue weighted by Crippen LogP contribution is 2.26. The second kappa shape index (κ2) is 4.23. The summed E-state index contributed by atoms with van der Waals surface area (Å²) in [5, 5.41) is 0. The van der Waals surface area contributed by atoms with Crippen LogP contribution in [0.25, 0.3) is 0 Å². The number of carbonyl (C=O) groups excluding carboxylic acids is 1. The summed E-state index contributed by atoms with van der Waals surface area (Å²) in [6, 6.07) is 0. The van der Waals surface area contributed by atoms with E-state index in [1.54, 1.807) is 0 Å². The van der Waals surface area contributed by atoms with Crippen molar-refractivity contribution in [3.8, 4) is 0 Å². The van der Waals surface area contributed by atoms with Crippen LogP contribution in [0.2, 0.25) is 0 Å². The Kier molecular flexibility index (Phi) is 3.48. The van der Waals surface area contributed by atoms with Gasteiger partial charge in [-0.15, -0.1) is 0 Å². The summed E-state index contributed by atoms with van der Waals surface area (Å²) >= 11 is 0. The maximum Gasteiger partial charge on any atom is 0.155 e. The molecule has 13 heavy (non-hydrogen) atoms. The minimum Gasteiger partial charge on any atom is -0.319 e. The molecule has 2 N–H and O–H groups in total. The highest BCUT2D eigenvalue weighted by Gasteiger charge is 2.29. The first-order chi connectivity index (χ1) is 6.02. The van der Waals surface area contributed by atoms with Gasteiger partial charge in [0.15, 0.2) is 5.78 Å². The van der Waals surface area contributed by atoms with Crippen LogP contribution < -0.4 is 5.73 Å². The normalized spacial score (nSPS) is 21.2. The Morgan fingerprint density at radius 1 is 1.15 bits per heavy atom. The Bertz CT molecular complexity index is 173. The maximum atomic E-state index is 11.8. The summed E-state index contributed by atoms with van der Waals surface area (Å²) in [5.41, 5.74) is 5.18. The molecule has 1 aliphatic carbocycles. The van der Waals surface area contributed by atoms with Crippen molar-refractivity contribution < 1.29 is 4.79 Å². The zero-order valence-corrected chi connectivity index (χ0v) is 8.81. The van der Waals surface area contributed by atoms with E-state index < -0.39 is 5.54 Å². The fourth-order valence-electron chi connectivity index (χ4n) is 2.07. The first kappa shape index (κ1) is 10.7. The molecule has 0 aromatic carbocycles. The molecular weight excluding hydrogens is 162 g/mol. The van der Waals surface area contributed by atoms with Crippen molar-refractivity contribution in [2.45, 2.75) is 57.9 Å². The van der Waals surface area contributed by atoms with Gasteiger partial charge in [-0.25, -0.2) is 0 Å². The van der Waals surface area contributed by atoms with Crippen LogP contribution in [-0.4, -0.2) is 11.3 Å². The lowest BCUT2D eigenvalue weighted by atomic mass is 9.85. The van der Waals surface area contributed by atoms with Crippen molar-refractivity contribution in [1.82, 2.24) is 0 Å². The van der Waals surface area contributed by atoms with E-state index in [1.165, 1.54) is 25.7 Å². The third-order valence-electron chi connectivity index (χ3n) is 2.86. The first-order valence-electron chi connectivity index (χ1n) is 5.35. The monoisotopic (exact) mass is 183 g/mol. The minimum absolute atomic E-state index is 0.238. The molecular formula is C11H21NO. The van der Waals surface area contributed by atoms with Gasteiger partial charge >= 0.3 is 0 Å². The molecule has 0 bridgehead atoms. The zero-order chi connectivity index (χ0) is 9.90. The molecule has 0 spiro atoms. The minimum atomic E-state index is -0.630. The SMILES string of the molecule is CC(C)(N)C(=O)C1CCCCCC1. The molecule has 0 aromatic heterocycles. The van der Waals surface area contributed by atoms with Crippen LogP contribution in [-0.2, 0) is 4.79 Å². The van der Waals surface area contributed by atoms with E-state index in [2.05, 4.69) is 0 Å². The quantitative estimate of drug-likeness (QED) is 0.667. The molecule has 0 unspecified atom stereocenters. The topological polar surface area (TPSA) is 43.1 Å². The Hall–Kier alpha value is -0.370. The van der Waals surface area contributed by atoms with E-state index in [9.17, 15) is 4.79 Å². The van der Waals surface area contributed by atoms with E-state index in [4.69, 9.17) is 5.73 Å². The molecule has 0 aromatic rings. The number of nitrogens with two attached hydrogens (primary N) is 1. The van der Waals surface area contributed by atoms with E-state index in [-0.39, 0.29) is 11.7 Å². The molecule has 1 saturated carbocycles. The van der Waals surface area contributed by atoms with Crippen LogP contribution in [0.1, 0.15) is 52.4 Å². The van der Waals surface area contributed by atoms with Crippen LogP contribution in [0.4, 0.5) is 0 Å². The molecule has 76 valence electrons. The van der Waals surface area contributed by atoms with Crippen LogP contribution in [0, 0.1) is 5.92 Å². The molecule has 0 saturated heterocycles. The van der Waals surface area contributed by atoms with Crippen LogP contribution in [0.5, 0.6) is 0 Å². The molecule has 0 atom stereocenters. The van der Waals surface area contributed by atoms with Crippen molar-refractivity contribution >= 4 is 5.78 Å². The van der Waals surface area contributed by atoms with Crippen molar-refractivity contribution in [2.24, 2.45) is 11.7 Å². The Morgan fingerprint density at radius 3 is 2.00 bits per heavy atom. The Balaban J connectivity index is 2.54. The first-order valence-corrected chi connectivity index (χ1v) is 5.35. The lowest BCUT2D eigenvalue weighted by Crippen LogP contribution is -2.45. The van der Waals surface area contributed by atoms with Gasteiger partial charge in [0, 0.05) is 5.92 Å². The second-order valence-corrected chi connectivity index (χ2v) is 4.77. The number of carbonyl (C=O) groups is 1. The molecule has 1 rings (SSSR count). The average molecular weight is 183 g/mol. The smallest absolute Gasteiger partial charge is 0.155 e. The van der Waals surface area contributed by atoms with Crippen LogP contribution in [0.3, 0.4) is 0 Å². The Morgan fingerprint density at radius 2 is 1.62 bits per heavy atom. The summed E-state index contributed by atoms with van der Waals surface area (Å²) in [4.78, 5) is 11.8. The zero-order valence-electron chi connectivity index (χ0n) is 8.81. The van der Waals surface area contributed by atoms with Gasteiger partial charge in [0.1, 0.15) is 0 Å². The summed E-state index contributed by atoms with van der Waals surface area (Å²) < 4.78 is 0. The lowest BCUT2D eigenvalue weighted by Gasteiger charge is -2.23. The summed E-state index contributed by atoms with van der Waals surface area (Å²) in [7, 11) is 0. The van der Waals surface area contributed by atoms with Crippen molar-refractivity contribution in [2.75, 3.05) is 0 Å². The third-order valence-corrected chi connectivity index (χ3v) is 2.86. The van der Waals surface area contributed by atoms with E-state index in [0.717, 1.165) is 12.8 Å². The maximum absolute atomic E-state index is 11.8. The predicted octanol–water partition coefficient (Wildman–Crippen LogP) is 2.26. The van der Waals surface area contributed by atoms with Crippen molar-refractivity contribution in [1.29, 1.82) is 0 Å². The fourth-order valence-corrected chi connectivity index (χ4v) is 2.07. The van der Waals surface area contributed by atoms with Gasteiger partial charge in [0.25, 0.3) is 0 Å². The van der Waals surface area contributed by atoms with Gasteiger partial charge in [-0.05, 0) is 26.7 Å². The summed E-state index contributed by atoms with van der Waals surface area (Å²) in [5.74, 6) is 0.497. The van der Waals surface area contributed by atoms with E-state index in [1.807, 2.05) is 13.8 Å². The number of hydrogen-bond acceptors (Lipinski definition) is 2. The van der Waals surface area contributed by atoms with E-state index >= 15 is 0 Å². The molecule has 1 fully saturated rings. The third kappa shape index (κ3) is 3.11. The van der Waals surface area contributed by atoms with Gasteiger partial charge in [0.2, 0.25) is 0 Å². The molecule has 1 aliphatic rings. The summed E-state index contributed by atoms with van der Waals surface area (Å²) in [6.07, 6.45) is 7.08. The van der Waals surface area contributed by atoms with Crippen molar-refractivity contribution in [3.05, 3.63) is 0 Å². The molecule has 2 nitrogen and oxygen atoms in total. The highest BCUT2D eigenvalue weighted by molar-refractivity contribution is 5.89. The highest BCUT2D eigenvalue weighted by atomic mass is 16.1. The average Bonchev–Trinajstić information content (AvgIpc) is 2.28. The summed E-state index contributed by atoms with van der Waals surface area (Å²) in [6.45, 7) is 3.64. The number of ketones is 1. The Labute approximate surface area is 80.9 Å². The molecule has 0 aliphatic heterocycles. The number of rotatable bonds is 2. The van der Waals surface area contributed by atoms with Gasteiger partial charge in [-0.1, -0.05) is 25.7 Å². The van der Waals surface area contributed by atoms with Crippen molar-refractivity contribution in [3.63, 3.8) is 0 Å². The second-order valence-electron chi connectivity index (χ2n) is 4.77. The predicted molar refractivity (Wildman–Crippen MR) is 54.5 cm³/mol. The lowest BCUT2D eigenvalue weighted by molar-refractivity contribution is -0.127. The number of hydrogen-bond donors (Lipinski definition) is 1. The fraction of sp³-hybridized carbons (Fsp3) is 0.909. The molecule has 0 heterocycles. The van der Waals surface area contributed by atoms with Gasteiger partial charge in [-0.3, -0.25) is 4.79 Å². The van der Waals surface area contributed by atoms with Crippen LogP contribution >= 0.6 is 0 Å². The molecule has 0 radical (unpaired) electrons. The van der Waals surface area contributed by atoms with Gasteiger partial charge in [-0.2, -0.15) is 0 Å². The van der Waals surface area contributed by atoms with Gasteiger partial charge in [0.05, 0.1) is 5.54 Å². The van der Waals surface area contributed by atoms with Crippen LogP contribution in [0.15, 0.2) is 0 Å². The molecule has 2 heteroatoms. The standard InChI is InChI=1S/C11H21NO/c1-11(2,12)10(13)9-7-5-3-4-6-8-9/h9H,3-8,12H2,1-2H3. The van der Waals surface area contributed by atoms with E-state index in [0.29, 0.717) is 0 Å². The largest absolute Gasteiger partial charge is 0.319 e. The number of Topliss-reactive ketones (excluding diaryl/α,β-unsaturated/α-hetero) is 1.